The van der Waals surface area contributed by atoms with Crippen LogP contribution in [0, 0.1) is 13.8 Å². The van der Waals surface area contributed by atoms with Gasteiger partial charge in [-0.3, -0.25) is 14.5 Å². The number of aliphatic hydroxyl groups is 1. The maximum Gasteiger partial charge on any atom is 0.350 e. The fraction of sp³-hybridized carbons (Fsp3) is 0.217. The number of aromatic nitrogens is 1. The molecule has 3 heterocycles. The zero-order valence-corrected chi connectivity index (χ0v) is 19.1. The summed E-state index contributed by atoms with van der Waals surface area (Å²) in [5.41, 5.74) is 0.636. The Morgan fingerprint density at radius 3 is 2.52 bits per heavy atom. The Morgan fingerprint density at radius 2 is 1.88 bits per heavy atom. The molecule has 3 aromatic rings. The normalized spacial score (nSPS) is 15.8. The summed E-state index contributed by atoms with van der Waals surface area (Å²) in [7, 11) is 2.71. The zero-order valence-electron chi connectivity index (χ0n) is 18.2. The van der Waals surface area contributed by atoms with Crippen LogP contribution in [-0.4, -0.2) is 42.0 Å². The molecule has 0 unspecified atom stereocenters. The lowest BCUT2D eigenvalue weighted by Gasteiger charge is -2.25. The highest BCUT2D eigenvalue weighted by molar-refractivity contribution is 7.17. The average molecular weight is 468 g/mol. The van der Waals surface area contributed by atoms with Crippen LogP contribution in [0.1, 0.15) is 43.3 Å². The third-order valence-electron chi connectivity index (χ3n) is 5.21. The quantitative estimate of drug-likeness (QED) is 0.427. The second kappa shape index (κ2) is 8.55. The molecule has 1 aromatic carbocycles. The van der Waals surface area contributed by atoms with Gasteiger partial charge in [-0.25, -0.2) is 9.78 Å². The summed E-state index contributed by atoms with van der Waals surface area (Å²) in [4.78, 5) is 44.5. The number of rotatable bonds is 6. The first-order chi connectivity index (χ1) is 15.8. The van der Waals surface area contributed by atoms with Gasteiger partial charge in [0.15, 0.2) is 16.7 Å². The van der Waals surface area contributed by atoms with Gasteiger partial charge in [-0.05, 0) is 32.0 Å². The van der Waals surface area contributed by atoms with Crippen LogP contribution in [0.3, 0.4) is 0 Å². The number of aryl methyl sites for hydroxylation is 2. The first kappa shape index (κ1) is 22.3. The molecule has 170 valence electrons. The fourth-order valence-corrected chi connectivity index (χ4v) is 4.69. The molecule has 4 rings (SSSR count). The largest absolute Gasteiger partial charge is 0.503 e. The Kier molecular flexibility index (Phi) is 5.77. The SMILES string of the molecule is COC(=O)c1sc(N2C(=O)C(O)=C(C(=O)c3ccc(C)o3)[C@H]2c2ccccc2OC)nc1C. The number of aliphatic hydroxyl groups excluding tert-OH is 1. The minimum Gasteiger partial charge on any atom is -0.503 e. The smallest absolute Gasteiger partial charge is 0.350 e. The van der Waals surface area contributed by atoms with Gasteiger partial charge in [0, 0.05) is 5.56 Å². The Hall–Kier alpha value is -3.92. The fourth-order valence-electron chi connectivity index (χ4n) is 3.68. The van der Waals surface area contributed by atoms with E-state index >= 15 is 0 Å². The van der Waals surface area contributed by atoms with E-state index in [1.165, 1.54) is 25.2 Å². The Labute approximate surface area is 192 Å². The number of carbonyl (C=O) groups is 3. The van der Waals surface area contributed by atoms with Crippen LogP contribution in [0.5, 0.6) is 5.75 Å². The zero-order chi connectivity index (χ0) is 23.9. The molecule has 0 radical (unpaired) electrons. The minimum absolute atomic E-state index is 0.0193. The Bertz CT molecular complexity index is 1300. The van der Waals surface area contributed by atoms with E-state index in [2.05, 4.69) is 4.98 Å². The van der Waals surface area contributed by atoms with E-state index in [4.69, 9.17) is 13.9 Å². The maximum atomic E-state index is 13.4. The van der Waals surface area contributed by atoms with E-state index in [-0.39, 0.29) is 21.3 Å². The van der Waals surface area contributed by atoms with Crippen LogP contribution in [0.2, 0.25) is 0 Å². The lowest BCUT2D eigenvalue weighted by Crippen LogP contribution is -2.31. The summed E-state index contributed by atoms with van der Waals surface area (Å²) in [5, 5.41) is 10.9. The number of hydrogen-bond acceptors (Lipinski definition) is 9. The number of nitrogens with zero attached hydrogens (tertiary/aromatic N) is 2. The number of anilines is 1. The third kappa shape index (κ3) is 3.68. The van der Waals surface area contributed by atoms with E-state index in [0.29, 0.717) is 22.8 Å². The number of ether oxygens (including phenoxy) is 2. The number of hydrogen-bond donors (Lipinski definition) is 1. The number of ketones is 1. The molecule has 1 amide bonds. The highest BCUT2D eigenvalue weighted by Gasteiger charge is 2.47. The molecule has 0 bridgehead atoms. The molecule has 0 saturated heterocycles. The molecule has 10 heteroatoms. The number of furan rings is 1. The molecular formula is C23H20N2O7S. The van der Waals surface area contributed by atoms with Gasteiger partial charge in [-0.2, -0.15) is 0 Å². The van der Waals surface area contributed by atoms with Crippen molar-refractivity contribution >= 4 is 34.1 Å². The van der Waals surface area contributed by atoms with Crippen molar-refractivity contribution in [3.05, 3.63) is 75.4 Å². The lowest BCUT2D eigenvalue weighted by molar-refractivity contribution is -0.117. The standard InChI is InChI=1S/C23H20N2O7S/c1-11-9-10-15(32-11)18(26)16-17(13-7-5-6-8-14(13)30-3)25(21(28)19(16)27)23-24-12(2)20(33-23)22(29)31-4/h5-10,17,27H,1-4H3/t17-/m1/s1. The highest BCUT2D eigenvalue weighted by Crippen LogP contribution is 2.46. The van der Waals surface area contributed by atoms with Gasteiger partial charge in [0.05, 0.1) is 25.5 Å². The molecule has 1 aliphatic rings. The van der Waals surface area contributed by atoms with E-state index in [9.17, 15) is 19.5 Å². The van der Waals surface area contributed by atoms with Crippen molar-refractivity contribution in [2.45, 2.75) is 19.9 Å². The molecule has 0 aliphatic carbocycles. The van der Waals surface area contributed by atoms with Crippen LogP contribution >= 0.6 is 11.3 Å². The van der Waals surface area contributed by atoms with Gasteiger partial charge in [0.25, 0.3) is 5.91 Å². The number of para-hydroxylation sites is 1. The van der Waals surface area contributed by atoms with Gasteiger partial charge in [-0.15, -0.1) is 0 Å². The molecule has 1 atom stereocenters. The van der Waals surface area contributed by atoms with E-state index in [1.807, 2.05) is 0 Å². The molecule has 2 aromatic heterocycles. The average Bonchev–Trinajstić information content (AvgIpc) is 3.49. The number of methoxy groups -OCH3 is 2. The predicted octanol–water partition coefficient (Wildman–Crippen LogP) is 3.93. The van der Waals surface area contributed by atoms with Gasteiger partial charge in [-0.1, -0.05) is 29.5 Å². The lowest BCUT2D eigenvalue weighted by atomic mass is 9.94. The highest BCUT2D eigenvalue weighted by atomic mass is 32.1. The second-order valence-corrected chi connectivity index (χ2v) is 8.20. The van der Waals surface area contributed by atoms with Crippen molar-refractivity contribution < 1.29 is 33.4 Å². The van der Waals surface area contributed by atoms with Crippen molar-refractivity contribution in [3.8, 4) is 5.75 Å². The second-order valence-electron chi connectivity index (χ2n) is 7.22. The molecule has 9 nitrogen and oxygen atoms in total. The minimum atomic E-state index is -1.07. The van der Waals surface area contributed by atoms with E-state index in [1.54, 1.807) is 44.2 Å². The third-order valence-corrected chi connectivity index (χ3v) is 6.35. The predicted molar refractivity (Wildman–Crippen MR) is 119 cm³/mol. The molecule has 0 saturated carbocycles. The van der Waals surface area contributed by atoms with Crippen LogP contribution in [-0.2, 0) is 9.53 Å². The number of benzene rings is 1. The van der Waals surface area contributed by atoms with Gasteiger partial charge in [0.2, 0.25) is 5.78 Å². The van der Waals surface area contributed by atoms with E-state index in [0.717, 1.165) is 11.3 Å². The summed E-state index contributed by atoms with van der Waals surface area (Å²) in [6.45, 7) is 3.29. The number of esters is 1. The molecular weight excluding hydrogens is 448 g/mol. The van der Waals surface area contributed by atoms with Crippen molar-refractivity contribution in [2.75, 3.05) is 19.1 Å². The van der Waals surface area contributed by atoms with Crippen LogP contribution in [0.4, 0.5) is 5.13 Å². The molecule has 0 spiro atoms. The topological polar surface area (TPSA) is 119 Å². The van der Waals surface area contributed by atoms with Gasteiger partial charge >= 0.3 is 5.97 Å². The van der Waals surface area contributed by atoms with Crippen molar-refractivity contribution in [1.29, 1.82) is 0 Å². The summed E-state index contributed by atoms with van der Waals surface area (Å²) in [6, 6.07) is 8.86. The Balaban J connectivity index is 1.91. The van der Waals surface area contributed by atoms with E-state index < -0.39 is 29.5 Å². The molecule has 1 N–H and O–H groups in total. The summed E-state index contributed by atoms with van der Waals surface area (Å²) >= 11 is 0.927. The van der Waals surface area contributed by atoms with Gasteiger partial charge < -0.3 is 19.0 Å². The first-order valence-corrected chi connectivity index (χ1v) is 10.7. The summed E-state index contributed by atoms with van der Waals surface area (Å²) in [5.74, 6) is -1.91. The Morgan fingerprint density at radius 1 is 1.15 bits per heavy atom. The monoisotopic (exact) mass is 468 g/mol. The van der Waals surface area contributed by atoms with Gasteiger partial charge in [0.1, 0.15) is 22.4 Å². The summed E-state index contributed by atoms with van der Waals surface area (Å²) < 4.78 is 15.7. The molecule has 0 fully saturated rings. The molecule has 33 heavy (non-hydrogen) atoms. The molecule has 1 aliphatic heterocycles. The first-order valence-electron chi connectivity index (χ1n) is 9.85. The van der Waals surface area contributed by atoms with Crippen LogP contribution < -0.4 is 9.64 Å². The van der Waals surface area contributed by atoms with Crippen molar-refractivity contribution in [1.82, 2.24) is 4.98 Å². The number of Topliss-reactive ketones (excluding diaryl/α,β-unsaturated/α-hetero) is 1. The van der Waals surface area contributed by atoms with Crippen molar-refractivity contribution in [2.24, 2.45) is 0 Å². The number of carbonyl (C=O) groups excluding carboxylic acids is 3. The maximum absolute atomic E-state index is 13.4. The number of thiazole rings is 1. The van der Waals surface area contributed by atoms with Crippen LogP contribution in [0.25, 0.3) is 0 Å². The van der Waals surface area contributed by atoms with Crippen LogP contribution in [0.15, 0.2) is 52.1 Å². The summed E-state index contributed by atoms with van der Waals surface area (Å²) in [6.07, 6.45) is 0. The van der Waals surface area contributed by atoms with Crippen molar-refractivity contribution in [3.63, 3.8) is 0 Å². The number of amides is 1.